The number of rotatable bonds is 2. The molecule has 5 nitrogen and oxygen atoms in total. The molecule has 1 fully saturated rings. The lowest BCUT2D eigenvalue weighted by atomic mass is 9.95. The topological polar surface area (TPSA) is 68.5 Å². The maximum Gasteiger partial charge on any atom is 0.272 e. The molecule has 1 aliphatic heterocycles. The fourth-order valence-corrected chi connectivity index (χ4v) is 2.22. The van der Waals surface area contributed by atoms with Gasteiger partial charge < -0.3 is 15.4 Å². The largest absolute Gasteiger partial charge is 0.397 e. The van der Waals surface area contributed by atoms with Crippen molar-refractivity contribution in [2.45, 2.75) is 19.4 Å². The summed E-state index contributed by atoms with van der Waals surface area (Å²) in [6.07, 6.45) is 2.57. The number of anilines is 1. The minimum atomic E-state index is -0.0519. The highest BCUT2D eigenvalue weighted by Crippen LogP contribution is 2.20. The third-order valence-corrected chi connectivity index (χ3v) is 3.48. The van der Waals surface area contributed by atoms with Crippen LogP contribution in [0.5, 0.6) is 0 Å². The lowest BCUT2D eigenvalue weighted by Crippen LogP contribution is -2.46. The molecule has 0 saturated carbocycles. The third kappa shape index (κ3) is 2.61. The molecule has 2 N–H and O–H groups in total. The Kier molecular flexibility index (Phi) is 3.81. The van der Waals surface area contributed by atoms with Gasteiger partial charge in [-0.1, -0.05) is 6.92 Å². The zero-order valence-electron chi connectivity index (χ0n) is 10.8. The van der Waals surface area contributed by atoms with Crippen LogP contribution in [0, 0.1) is 5.92 Å². The maximum atomic E-state index is 12.2. The Hall–Kier alpha value is -1.62. The van der Waals surface area contributed by atoms with Crippen LogP contribution in [0.15, 0.2) is 18.3 Å². The number of carbonyl (C=O) groups is 1. The fourth-order valence-electron chi connectivity index (χ4n) is 2.22. The Morgan fingerprint density at radius 2 is 2.33 bits per heavy atom. The first-order valence-electron chi connectivity index (χ1n) is 6.15. The summed E-state index contributed by atoms with van der Waals surface area (Å²) in [5.74, 6) is 0.433. The molecule has 0 aromatic carbocycles. The number of methoxy groups -OCH3 is 1. The van der Waals surface area contributed by atoms with E-state index in [9.17, 15) is 4.79 Å². The molecule has 2 unspecified atom stereocenters. The Balaban J connectivity index is 2.07. The normalized spacial score (nSPS) is 24.0. The van der Waals surface area contributed by atoms with E-state index in [0.717, 1.165) is 13.0 Å². The van der Waals surface area contributed by atoms with Gasteiger partial charge >= 0.3 is 0 Å². The predicted molar refractivity (Wildman–Crippen MR) is 69.1 cm³/mol. The van der Waals surface area contributed by atoms with Crippen LogP contribution in [0.4, 0.5) is 5.69 Å². The first-order valence-corrected chi connectivity index (χ1v) is 6.15. The van der Waals surface area contributed by atoms with E-state index < -0.39 is 0 Å². The van der Waals surface area contributed by atoms with Crippen molar-refractivity contribution >= 4 is 11.6 Å². The van der Waals surface area contributed by atoms with Crippen LogP contribution in [0.3, 0.4) is 0 Å². The van der Waals surface area contributed by atoms with Crippen LogP contribution in [-0.2, 0) is 4.74 Å². The maximum absolute atomic E-state index is 12.2. The highest BCUT2D eigenvalue weighted by molar-refractivity contribution is 5.92. The number of hydrogen-bond acceptors (Lipinski definition) is 4. The monoisotopic (exact) mass is 249 g/mol. The zero-order valence-corrected chi connectivity index (χ0v) is 10.8. The van der Waals surface area contributed by atoms with Crippen molar-refractivity contribution in [2.75, 3.05) is 25.9 Å². The number of nitrogens with two attached hydrogens (primary N) is 1. The second-order valence-corrected chi connectivity index (χ2v) is 4.77. The number of aromatic nitrogens is 1. The van der Waals surface area contributed by atoms with E-state index in [1.807, 2.05) is 0 Å². The number of piperidine rings is 1. The van der Waals surface area contributed by atoms with Gasteiger partial charge in [0, 0.05) is 20.2 Å². The molecule has 2 atom stereocenters. The van der Waals surface area contributed by atoms with Gasteiger partial charge in [0.25, 0.3) is 5.91 Å². The molecular weight excluding hydrogens is 230 g/mol. The first-order chi connectivity index (χ1) is 8.61. The van der Waals surface area contributed by atoms with Crippen molar-refractivity contribution < 1.29 is 9.53 Å². The standard InChI is InChI=1S/C13H19N3O2/c1-9-5-6-16(8-12(9)18-2)13(17)11-4-3-10(14)7-15-11/h3-4,7,9,12H,5-6,8,14H2,1-2H3. The molecule has 0 spiro atoms. The van der Waals surface area contributed by atoms with Crippen LogP contribution in [0.25, 0.3) is 0 Å². The Bertz CT molecular complexity index is 419. The number of amides is 1. The van der Waals surface area contributed by atoms with Crippen LogP contribution < -0.4 is 5.73 Å². The molecule has 1 aromatic heterocycles. The Morgan fingerprint density at radius 3 is 2.94 bits per heavy atom. The molecule has 0 bridgehead atoms. The van der Waals surface area contributed by atoms with Gasteiger partial charge in [-0.05, 0) is 24.5 Å². The highest BCUT2D eigenvalue weighted by atomic mass is 16.5. The summed E-state index contributed by atoms with van der Waals surface area (Å²) in [4.78, 5) is 18.1. The molecule has 1 aliphatic rings. The number of nitrogen functional groups attached to an aromatic ring is 1. The summed E-state index contributed by atoms with van der Waals surface area (Å²) >= 11 is 0. The van der Waals surface area contributed by atoms with Gasteiger partial charge in [-0.15, -0.1) is 0 Å². The van der Waals surface area contributed by atoms with E-state index in [0.29, 0.717) is 23.8 Å². The van der Waals surface area contributed by atoms with Gasteiger partial charge in [0.15, 0.2) is 0 Å². The van der Waals surface area contributed by atoms with Crippen molar-refractivity contribution in [1.29, 1.82) is 0 Å². The highest BCUT2D eigenvalue weighted by Gasteiger charge is 2.29. The molecule has 1 saturated heterocycles. The molecule has 18 heavy (non-hydrogen) atoms. The van der Waals surface area contributed by atoms with Gasteiger partial charge in [0.2, 0.25) is 0 Å². The van der Waals surface area contributed by atoms with E-state index in [4.69, 9.17) is 10.5 Å². The Morgan fingerprint density at radius 1 is 1.56 bits per heavy atom. The average molecular weight is 249 g/mol. The van der Waals surface area contributed by atoms with Gasteiger partial charge in [-0.2, -0.15) is 0 Å². The second kappa shape index (κ2) is 5.35. The zero-order chi connectivity index (χ0) is 13.1. The number of hydrogen-bond donors (Lipinski definition) is 1. The summed E-state index contributed by atoms with van der Waals surface area (Å²) in [7, 11) is 1.69. The quantitative estimate of drug-likeness (QED) is 0.854. The van der Waals surface area contributed by atoms with Crippen LogP contribution in [0.2, 0.25) is 0 Å². The lowest BCUT2D eigenvalue weighted by molar-refractivity contribution is -0.00177. The summed E-state index contributed by atoms with van der Waals surface area (Å²) in [6.45, 7) is 3.53. The Labute approximate surface area is 107 Å². The third-order valence-electron chi connectivity index (χ3n) is 3.48. The van der Waals surface area contributed by atoms with E-state index >= 15 is 0 Å². The fraction of sp³-hybridized carbons (Fsp3) is 0.538. The molecule has 1 aromatic rings. The molecule has 98 valence electrons. The molecule has 2 rings (SSSR count). The second-order valence-electron chi connectivity index (χ2n) is 4.77. The minimum Gasteiger partial charge on any atom is -0.397 e. The summed E-state index contributed by atoms with van der Waals surface area (Å²) in [5.41, 5.74) is 6.56. The number of nitrogens with zero attached hydrogens (tertiary/aromatic N) is 2. The van der Waals surface area contributed by atoms with Crippen LogP contribution in [-0.4, -0.2) is 42.1 Å². The van der Waals surface area contributed by atoms with Crippen molar-refractivity contribution in [1.82, 2.24) is 9.88 Å². The average Bonchev–Trinajstić information content (AvgIpc) is 2.39. The minimum absolute atomic E-state index is 0.0519. The van der Waals surface area contributed by atoms with Crippen molar-refractivity contribution in [2.24, 2.45) is 5.92 Å². The smallest absolute Gasteiger partial charge is 0.272 e. The number of carbonyl (C=O) groups excluding carboxylic acids is 1. The van der Waals surface area contributed by atoms with Gasteiger partial charge in [0.1, 0.15) is 5.69 Å². The van der Waals surface area contributed by atoms with E-state index in [1.165, 1.54) is 6.20 Å². The van der Waals surface area contributed by atoms with E-state index in [-0.39, 0.29) is 12.0 Å². The van der Waals surface area contributed by atoms with Crippen molar-refractivity contribution in [3.63, 3.8) is 0 Å². The molecule has 0 aliphatic carbocycles. The molecule has 5 heteroatoms. The predicted octanol–water partition coefficient (Wildman–Crippen LogP) is 1.16. The lowest BCUT2D eigenvalue weighted by Gasteiger charge is -2.36. The number of pyridine rings is 1. The van der Waals surface area contributed by atoms with Crippen LogP contribution >= 0.6 is 0 Å². The van der Waals surface area contributed by atoms with Gasteiger partial charge in [0.05, 0.1) is 18.0 Å². The van der Waals surface area contributed by atoms with Gasteiger partial charge in [-0.25, -0.2) is 4.98 Å². The number of ether oxygens (including phenoxy) is 1. The molecule has 0 radical (unpaired) electrons. The molecule has 2 heterocycles. The number of likely N-dealkylation sites (tertiary alicyclic amines) is 1. The van der Waals surface area contributed by atoms with Gasteiger partial charge in [-0.3, -0.25) is 4.79 Å². The molecule has 1 amide bonds. The first kappa shape index (κ1) is 12.8. The van der Waals surface area contributed by atoms with Crippen LogP contribution in [0.1, 0.15) is 23.8 Å². The molecular formula is C13H19N3O2. The van der Waals surface area contributed by atoms with Crippen molar-refractivity contribution in [3.8, 4) is 0 Å². The van der Waals surface area contributed by atoms with Crippen molar-refractivity contribution in [3.05, 3.63) is 24.0 Å². The summed E-state index contributed by atoms with van der Waals surface area (Å²) < 4.78 is 5.40. The van der Waals surface area contributed by atoms with E-state index in [2.05, 4.69) is 11.9 Å². The summed E-state index contributed by atoms with van der Waals surface area (Å²) in [6, 6.07) is 3.36. The van der Waals surface area contributed by atoms with E-state index in [1.54, 1.807) is 24.1 Å². The SMILES string of the molecule is COC1CN(C(=O)c2ccc(N)cn2)CCC1C. The summed E-state index contributed by atoms with van der Waals surface area (Å²) in [5, 5.41) is 0.